The van der Waals surface area contributed by atoms with Gasteiger partial charge in [0.25, 0.3) is 10.1 Å². The van der Waals surface area contributed by atoms with E-state index < -0.39 is 20.8 Å². The predicted octanol–water partition coefficient (Wildman–Crippen LogP) is 2.88. The van der Waals surface area contributed by atoms with Crippen molar-refractivity contribution < 1.29 is 52.4 Å². The van der Waals surface area contributed by atoms with Gasteiger partial charge in [-0.25, -0.2) is 0 Å². The second kappa shape index (κ2) is 14.1. The number of rotatable bonds is 13. The molecule has 0 amide bonds. The Labute approximate surface area is 202 Å². The molecule has 0 heterocycles. The Morgan fingerprint density at radius 1 is 0.867 bits per heavy atom. The van der Waals surface area contributed by atoms with Crippen molar-refractivity contribution in [1.82, 2.24) is 0 Å². The zero-order valence-corrected chi connectivity index (χ0v) is 20.9. The Morgan fingerprint density at radius 3 is 2.07 bits per heavy atom. The van der Waals surface area contributed by atoms with Crippen LogP contribution in [0.15, 0.2) is 47.4 Å². The van der Waals surface area contributed by atoms with Crippen molar-refractivity contribution in [2.24, 2.45) is 0 Å². The number of aryl methyl sites for hydroxylation is 1. The van der Waals surface area contributed by atoms with Crippen LogP contribution in [0.3, 0.4) is 0 Å². The molecule has 0 saturated carbocycles. The maximum absolute atomic E-state index is 11.8. The fraction of sp³-hybridized carbons (Fsp3) is 0.478. The van der Waals surface area contributed by atoms with Crippen molar-refractivity contribution in [1.29, 1.82) is 0 Å². The second-order valence-electron chi connectivity index (χ2n) is 7.41. The van der Waals surface area contributed by atoms with Gasteiger partial charge in [0.1, 0.15) is 11.5 Å². The molecule has 30 heavy (non-hydrogen) atoms. The molecule has 0 spiro atoms. The topological polar surface area (TPSA) is 86.7 Å². The normalized spacial score (nSPS) is 11.1. The largest absolute Gasteiger partial charge is 1.00 e. The van der Waals surface area contributed by atoms with Gasteiger partial charge in [-0.3, -0.25) is 4.55 Å². The van der Waals surface area contributed by atoms with Gasteiger partial charge in [-0.05, 0) is 48.7 Å². The summed E-state index contributed by atoms with van der Waals surface area (Å²) in [6.07, 6.45) is 12.6. The molecule has 2 rings (SSSR count). The molecule has 2 aromatic carbocycles. The molecular formula is C23H31NaO5S. The summed E-state index contributed by atoms with van der Waals surface area (Å²) in [5, 5.41) is 11.8. The molecule has 5 nitrogen and oxygen atoms in total. The van der Waals surface area contributed by atoms with E-state index in [-0.39, 0.29) is 35.3 Å². The van der Waals surface area contributed by atoms with E-state index in [2.05, 4.69) is 13.0 Å². The van der Waals surface area contributed by atoms with Crippen LogP contribution in [0.5, 0.6) is 17.2 Å². The molecule has 0 radical (unpaired) electrons. The minimum Gasteiger partial charge on any atom is -0.871 e. The quantitative estimate of drug-likeness (QED) is 0.293. The SMILES string of the molecule is CCCCCCCCCCCc1cccc(Oc2ccc(S(=O)(=O)O)c([O-])c2)c1.[Na+]. The van der Waals surface area contributed by atoms with Crippen molar-refractivity contribution in [2.75, 3.05) is 0 Å². The van der Waals surface area contributed by atoms with Crippen molar-refractivity contribution in [3.8, 4) is 17.2 Å². The number of ether oxygens (including phenoxy) is 1. The summed E-state index contributed by atoms with van der Waals surface area (Å²) in [5.41, 5.74) is 1.17. The summed E-state index contributed by atoms with van der Waals surface area (Å²) in [6.45, 7) is 2.24. The van der Waals surface area contributed by atoms with E-state index in [0.717, 1.165) is 25.0 Å². The number of hydrogen-bond acceptors (Lipinski definition) is 4. The average molecular weight is 443 g/mol. The summed E-state index contributed by atoms with van der Waals surface area (Å²) >= 11 is 0. The van der Waals surface area contributed by atoms with E-state index in [1.165, 1.54) is 63.0 Å². The molecular weight excluding hydrogens is 411 g/mol. The molecule has 0 aromatic heterocycles. The first-order valence-corrected chi connectivity index (χ1v) is 11.9. The fourth-order valence-corrected chi connectivity index (χ4v) is 3.86. The molecule has 0 aliphatic heterocycles. The summed E-state index contributed by atoms with van der Waals surface area (Å²) in [5.74, 6) is 0.0379. The first-order valence-electron chi connectivity index (χ1n) is 10.5. The maximum Gasteiger partial charge on any atom is 1.00 e. The van der Waals surface area contributed by atoms with Crippen LogP contribution in [0.2, 0.25) is 0 Å². The van der Waals surface area contributed by atoms with E-state index in [4.69, 9.17) is 9.29 Å². The molecule has 2 aromatic rings. The molecule has 0 aliphatic rings. The van der Waals surface area contributed by atoms with Gasteiger partial charge < -0.3 is 9.84 Å². The van der Waals surface area contributed by atoms with E-state index in [1.807, 2.05) is 12.1 Å². The van der Waals surface area contributed by atoms with Crippen molar-refractivity contribution >= 4 is 10.1 Å². The third kappa shape index (κ3) is 9.84. The molecule has 0 bridgehead atoms. The Morgan fingerprint density at radius 2 is 1.47 bits per heavy atom. The predicted molar refractivity (Wildman–Crippen MR) is 113 cm³/mol. The van der Waals surface area contributed by atoms with Crippen LogP contribution in [0.1, 0.15) is 70.3 Å². The van der Waals surface area contributed by atoms with Gasteiger partial charge in [0, 0.05) is 0 Å². The van der Waals surface area contributed by atoms with Crippen LogP contribution in [0.25, 0.3) is 0 Å². The van der Waals surface area contributed by atoms with E-state index in [0.29, 0.717) is 5.75 Å². The Kier molecular flexibility index (Phi) is 12.7. The number of unbranched alkanes of at least 4 members (excludes halogenated alkanes) is 8. The van der Waals surface area contributed by atoms with Crippen LogP contribution in [-0.4, -0.2) is 13.0 Å². The molecule has 0 fully saturated rings. The molecule has 160 valence electrons. The second-order valence-corrected chi connectivity index (χ2v) is 8.80. The van der Waals surface area contributed by atoms with Crippen LogP contribution in [0.4, 0.5) is 0 Å². The Hall–Kier alpha value is -1.05. The third-order valence-corrected chi connectivity index (χ3v) is 5.79. The van der Waals surface area contributed by atoms with Gasteiger partial charge in [-0.1, -0.05) is 76.2 Å². The van der Waals surface area contributed by atoms with Crippen molar-refractivity contribution in [2.45, 2.75) is 76.0 Å². The number of hydrogen-bond donors (Lipinski definition) is 1. The average Bonchev–Trinajstić information content (AvgIpc) is 2.66. The zero-order valence-electron chi connectivity index (χ0n) is 18.1. The summed E-state index contributed by atoms with van der Waals surface area (Å²) in [6, 6.07) is 11.2. The number of benzene rings is 2. The maximum atomic E-state index is 11.8. The zero-order chi connectivity index (χ0) is 21.1. The summed E-state index contributed by atoms with van der Waals surface area (Å²) < 4.78 is 36.9. The first kappa shape index (κ1) is 27.0. The van der Waals surface area contributed by atoms with Crippen LogP contribution < -0.4 is 39.4 Å². The van der Waals surface area contributed by atoms with Crippen LogP contribution >= 0.6 is 0 Å². The van der Waals surface area contributed by atoms with Gasteiger partial charge in [-0.2, -0.15) is 8.42 Å². The molecule has 7 heteroatoms. The van der Waals surface area contributed by atoms with Gasteiger partial charge in [-0.15, -0.1) is 0 Å². The molecule has 0 atom stereocenters. The van der Waals surface area contributed by atoms with E-state index in [1.54, 1.807) is 6.07 Å². The minimum absolute atomic E-state index is 0. The smallest absolute Gasteiger partial charge is 0.871 e. The molecule has 1 N–H and O–H groups in total. The Balaban J connectivity index is 0.00000450. The van der Waals surface area contributed by atoms with E-state index >= 15 is 0 Å². The standard InChI is InChI=1S/C23H32O5S.Na/c1-2-3-4-5-6-7-8-9-10-12-19-13-11-14-20(17-19)28-21-15-16-23(22(24)18-21)29(25,26)27;/h11,13-18,24H,2-10,12H2,1H3,(H,25,26,27);/q;+1/p-1. The molecule has 0 unspecified atom stereocenters. The van der Waals surface area contributed by atoms with Crippen LogP contribution in [0, 0.1) is 0 Å². The van der Waals surface area contributed by atoms with Crippen LogP contribution in [-0.2, 0) is 16.5 Å². The van der Waals surface area contributed by atoms with E-state index in [9.17, 15) is 13.5 Å². The van der Waals surface area contributed by atoms with Gasteiger partial charge in [0.15, 0.2) is 0 Å². The first-order chi connectivity index (χ1) is 13.9. The van der Waals surface area contributed by atoms with Gasteiger partial charge in [0.05, 0.1) is 4.90 Å². The van der Waals surface area contributed by atoms with Gasteiger partial charge in [0.2, 0.25) is 0 Å². The van der Waals surface area contributed by atoms with Crippen molar-refractivity contribution in [3.63, 3.8) is 0 Å². The molecule has 0 saturated heterocycles. The van der Waals surface area contributed by atoms with Crippen molar-refractivity contribution in [3.05, 3.63) is 48.0 Å². The van der Waals surface area contributed by atoms with Gasteiger partial charge >= 0.3 is 29.6 Å². The third-order valence-electron chi connectivity index (χ3n) is 4.90. The minimum atomic E-state index is -4.52. The summed E-state index contributed by atoms with van der Waals surface area (Å²) in [7, 11) is -4.52. The Bertz CT molecular complexity index is 868. The fourth-order valence-electron chi connectivity index (χ4n) is 3.31. The monoisotopic (exact) mass is 442 g/mol. The molecule has 0 aliphatic carbocycles. The summed E-state index contributed by atoms with van der Waals surface area (Å²) in [4.78, 5) is -0.649.